The third-order valence-electron chi connectivity index (χ3n) is 15.8. The molecule has 7 aliphatic rings. The number of hydrogen-bond acceptors (Lipinski definition) is 19. The summed E-state index contributed by atoms with van der Waals surface area (Å²) in [5, 5.41) is 67.1. The van der Waals surface area contributed by atoms with Crippen molar-refractivity contribution in [3.05, 3.63) is 23.8 Å². The average molecular weight is 880 g/mol. The van der Waals surface area contributed by atoms with Crippen LogP contribution in [0.1, 0.15) is 84.5 Å². The summed E-state index contributed by atoms with van der Waals surface area (Å²) in [4.78, 5) is 38.9. The summed E-state index contributed by atoms with van der Waals surface area (Å²) in [7, 11) is 0. The fourth-order valence-electron chi connectivity index (χ4n) is 12.2. The van der Waals surface area contributed by atoms with Gasteiger partial charge in [0.05, 0.1) is 30.4 Å². The van der Waals surface area contributed by atoms with E-state index in [4.69, 9.17) is 52.4 Å². The lowest BCUT2D eigenvalue weighted by molar-refractivity contribution is -0.315. The Balaban J connectivity index is 0.887. The number of unbranched alkanes of at least 4 members (excludes halogenated alkanes) is 1. The van der Waals surface area contributed by atoms with E-state index in [0.29, 0.717) is 19.3 Å². The van der Waals surface area contributed by atoms with Crippen LogP contribution in [-0.4, -0.2) is 159 Å². The first-order chi connectivity index (χ1) is 29.2. The summed E-state index contributed by atoms with van der Waals surface area (Å²) >= 11 is 0. The number of carbonyl (C=O) groups excluding carboxylic acids is 3. The zero-order valence-electron chi connectivity index (χ0n) is 35.7. The number of ether oxygens (including phenoxy) is 5. The summed E-state index contributed by atoms with van der Waals surface area (Å²) in [6, 6.07) is -3.68. The Morgan fingerprint density at radius 2 is 1.50 bits per heavy atom. The number of hydrogen-bond donors (Lipinski definition) is 11. The van der Waals surface area contributed by atoms with Crippen molar-refractivity contribution in [2.24, 2.45) is 57.3 Å². The molecular weight excluding hydrogens is 810 g/mol. The average Bonchev–Trinajstić information content (AvgIpc) is 3.49. The van der Waals surface area contributed by atoms with Crippen molar-refractivity contribution in [2.45, 2.75) is 182 Å². The van der Waals surface area contributed by atoms with Crippen molar-refractivity contribution < 1.29 is 68.7 Å². The summed E-state index contributed by atoms with van der Waals surface area (Å²) in [5.74, 6) is -0.995. The van der Waals surface area contributed by atoms with Crippen LogP contribution in [0.2, 0.25) is 0 Å². The topological polar surface area (TPSA) is 349 Å². The number of carbonyl (C=O) groups is 3. The minimum atomic E-state index is -1.62. The van der Waals surface area contributed by atoms with Gasteiger partial charge in [-0.15, -0.1) is 0 Å². The third kappa shape index (κ3) is 8.62. The minimum absolute atomic E-state index is 0.00786. The number of aliphatic hydroxyl groups is 6. The molecule has 62 heavy (non-hydrogen) atoms. The van der Waals surface area contributed by atoms with Gasteiger partial charge in [0.25, 0.3) is 0 Å². The highest BCUT2D eigenvalue weighted by Gasteiger charge is 2.68. The van der Waals surface area contributed by atoms with Crippen LogP contribution in [0.25, 0.3) is 0 Å². The van der Waals surface area contributed by atoms with Crippen LogP contribution in [0, 0.1) is 28.6 Å². The number of nitrogens with two attached hydrogens (primary N) is 5. The predicted octanol–water partition coefficient (Wildman–Crippen LogP) is -2.61. The lowest BCUT2D eigenvalue weighted by Gasteiger charge is -2.59. The Labute approximate surface area is 361 Å². The largest absolute Gasteiger partial charge is 0.463 e. The van der Waals surface area contributed by atoms with Gasteiger partial charge in [-0.05, 0) is 81.8 Å². The molecule has 0 bridgehead atoms. The van der Waals surface area contributed by atoms with Crippen molar-refractivity contribution in [1.82, 2.24) is 0 Å². The highest BCUT2D eigenvalue weighted by atomic mass is 16.7. The van der Waals surface area contributed by atoms with Gasteiger partial charge in [-0.25, -0.2) is 0 Å². The Morgan fingerprint density at radius 1 is 0.839 bits per heavy atom. The fraction of sp³-hybridized carbons (Fsp3) is 0.837. The Hall–Kier alpha value is -2.31. The number of ketones is 2. The predicted molar refractivity (Wildman–Crippen MR) is 219 cm³/mol. The quantitative estimate of drug-likeness (QED) is 0.0667. The molecule has 4 saturated carbocycles. The van der Waals surface area contributed by atoms with E-state index in [1.165, 1.54) is 0 Å². The number of fused-ring (bicyclic) bond motifs is 5. The second-order valence-electron chi connectivity index (χ2n) is 19.5. The molecular formula is C43H69N5O14. The second-order valence-corrected chi connectivity index (χ2v) is 19.5. The summed E-state index contributed by atoms with van der Waals surface area (Å²) in [5.41, 5.74) is 28.8. The van der Waals surface area contributed by atoms with Gasteiger partial charge in [0, 0.05) is 48.2 Å². The van der Waals surface area contributed by atoms with E-state index in [0.717, 1.165) is 18.4 Å². The summed E-state index contributed by atoms with van der Waals surface area (Å²) < 4.78 is 29.0. The molecule has 3 unspecified atom stereocenters. The highest BCUT2D eigenvalue weighted by Crippen LogP contribution is 2.67. The van der Waals surface area contributed by atoms with E-state index < -0.39 is 121 Å². The highest BCUT2D eigenvalue weighted by molar-refractivity contribution is 6.01. The number of aliphatic hydroxyl groups excluding tert-OH is 5. The van der Waals surface area contributed by atoms with Crippen molar-refractivity contribution in [3.63, 3.8) is 0 Å². The number of rotatable bonds is 13. The van der Waals surface area contributed by atoms with E-state index in [1.54, 1.807) is 12.2 Å². The van der Waals surface area contributed by atoms with Crippen LogP contribution in [0.3, 0.4) is 0 Å². The monoisotopic (exact) mass is 879 g/mol. The number of Topliss-reactive ketones (excluding diaryl/α,β-unsaturated/α-hetero) is 1. The molecule has 21 atom stereocenters. The first-order valence-corrected chi connectivity index (χ1v) is 22.3. The molecule has 16 N–H and O–H groups in total. The smallest absolute Gasteiger partial charge is 0.305 e. The van der Waals surface area contributed by atoms with Crippen LogP contribution < -0.4 is 28.7 Å². The summed E-state index contributed by atoms with van der Waals surface area (Å²) in [6.45, 7) is 3.56. The molecule has 0 amide bonds. The Kier molecular flexibility index (Phi) is 14.2. The Morgan fingerprint density at radius 3 is 2.19 bits per heavy atom. The summed E-state index contributed by atoms with van der Waals surface area (Å²) in [6.07, 6.45) is -4.29. The van der Waals surface area contributed by atoms with Crippen LogP contribution in [-0.2, 0) is 38.1 Å². The van der Waals surface area contributed by atoms with E-state index in [9.17, 15) is 45.0 Å². The molecule has 0 aromatic carbocycles. The van der Waals surface area contributed by atoms with Gasteiger partial charge in [-0.2, -0.15) is 0 Å². The molecule has 7 rings (SSSR count). The van der Waals surface area contributed by atoms with Crippen molar-refractivity contribution >= 4 is 17.5 Å². The first kappa shape index (κ1) is 47.6. The van der Waals surface area contributed by atoms with E-state index in [-0.39, 0.29) is 74.4 Å². The van der Waals surface area contributed by atoms with Gasteiger partial charge in [-0.1, -0.05) is 25.5 Å². The maximum absolute atomic E-state index is 13.8. The van der Waals surface area contributed by atoms with E-state index in [2.05, 4.69) is 6.92 Å². The molecule has 0 spiro atoms. The fourth-order valence-corrected chi connectivity index (χ4v) is 12.2. The molecule has 19 heteroatoms. The Bertz CT molecular complexity index is 1720. The van der Waals surface area contributed by atoms with Crippen LogP contribution in [0.4, 0.5) is 0 Å². The van der Waals surface area contributed by atoms with Crippen LogP contribution in [0.5, 0.6) is 0 Å². The molecule has 2 aliphatic heterocycles. The van der Waals surface area contributed by atoms with Crippen molar-refractivity contribution in [1.29, 1.82) is 0 Å². The zero-order chi connectivity index (χ0) is 45.1. The van der Waals surface area contributed by atoms with Gasteiger partial charge >= 0.3 is 5.97 Å². The number of esters is 1. The van der Waals surface area contributed by atoms with Crippen LogP contribution in [0.15, 0.2) is 23.8 Å². The maximum Gasteiger partial charge on any atom is 0.305 e. The molecule has 350 valence electrons. The van der Waals surface area contributed by atoms with Crippen LogP contribution >= 0.6 is 0 Å². The normalized spacial score (nSPS) is 49.0. The lowest BCUT2D eigenvalue weighted by atomic mass is 9.46. The van der Waals surface area contributed by atoms with E-state index >= 15 is 0 Å². The SMILES string of the molecule is C[C@]12C=CC(=O)C=C1CCC1C2[C@@H](O)C[C@@]2(C)C1CC[C@]2(O)C(=O)CCCCC(=O)OC[C@H]1O[C@H](O[C@@H]2[C@@H](O)[C@H](O[C@H]3O[C@H](CN)[C@@H](O)C[C@H]3N)[C@@H](N)C[C@H]2N)[C@H](O)[C@@H](N)[C@@H]1O. The molecule has 2 heterocycles. The van der Waals surface area contributed by atoms with Gasteiger partial charge in [0.15, 0.2) is 24.1 Å². The molecule has 0 aromatic rings. The zero-order valence-corrected chi connectivity index (χ0v) is 35.7. The van der Waals surface area contributed by atoms with Gasteiger partial charge in [0.1, 0.15) is 48.8 Å². The standard InChI is InChI=1S/C43H69N5O14/c1-41-11-9-20(49)13-19(41)7-8-21-22-10-12-43(57,42(22,2)16-27(51)32(21)41)30(52)5-3-4-6-31(53)58-18-29-34(54)33(48)35(55)40(60-29)62-38-24(46)14-23(45)37(36(38)56)61-39-25(47)15-26(50)28(17-44)59-39/h9,11,13,21-29,32-40,50-51,54-57H,3-8,10,12,14-18,44-48H2,1-2H3/t21?,22?,23-,24+,25+,26-,27-,28+,29+,32?,33-,34+,35+,36-,37+,38-,39+,40+,41-,42-,43-/m0/s1. The third-order valence-corrected chi connectivity index (χ3v) is 15.8. The minimum Gasteiger partial charge on any atom is -0.463 e. The van der Waals surface area contributed by atoms with Gasteiger partial charge in [-0.3, -0.25) is 14.4 Å². The first-order valence-electron chi connectivity index (χ1n) is 22.3. The maximum atomic E-state index is 13.8. The van der Waals surface area contributed by atoms with Gasteiger partial charge in [0.2, 0.25) is 0 Å². The molecule has 2 saturated heterocycles. The molecule has 0 aromatic heterocycles. The second kappa shape index (κ2) is 18.5. The molecule has 6 fully saturated rings. The van der Waals surface area contributed by atoms with Crippen molar-refractivity contribution in [3.8, 4) is 0 Å². The molecule has 0 radical (unpaired) electrons. The number of allylic oxidation sites excluding steroid dienone is 4. The van der Waals surface area contributed by atoms with Gasteiger partial charge < -0.3 is 83.0 Å². The van der Waals surface area contributed by atoms with Crippen molar-refractivity contribution in [2.75, 3.05) is 13.2 Å². The van der Waals surface area contributed by atoms with E-state index in [1.807, 2.05) is 13.0 Å². The molecule has 5 aliphatic carbocycles. The molecule has 19 nitrogen and oxygen atoms in total. The lowest BCUT2D eigenvalue weighted by Crippen LogP contribution is -2.68.